The standard InChI is InChI=1S/C15H13NO2S/c1-3-18-15(17)13-8-11-7-10-6-9(2)4-5-12(10)16-14(11)19-13/h4-8H,3H2,1-2H3. The molecule has 0 atom stereocenters. The number of pyridine rings is 1. The zero-order valence-electron chi connectivity index (χ0n) is 10.8. The average molecular weight is 271 g/mol. The van der Waals surface area contributed by atoms with Crippen LogP contribution in [0.2, 0.25) is 0 Å². The van der Waals surface area contributed by atoms with Crippen LogP contribution in [-0.2, 0) is 4.74 Å². The van der Waals surface area contributed by atoms with Gasteiger partial charge in [-0.2, -0.15) is 0 Å². The second-order valence-corrected chi connectivity index (χ2v) is 5.44. The summed E-state index contributed by atoms with van der Waals surface area (Å²) in [7, 11) is 0. The molecule has 2 heterocycles. The van der Waals surface area contributed by atoms with Crippen LogP contribution in [-0.4, -0.2) is 17.6 Å². The van der Waals surface area contributed by atoms with E-state index in [-0.39, 0.29) is 5.97 Å². The molecular weight excluding hydrogens is 258 g/mol. The fourth-order valence-corrected chi connectivity index (χ4v) is 2.97. The van der Waals surface area contributed by atoms with Gasteiger partial charge in [-0.3, -0.25) is 0 Å². The minimum Gasteiger partial charge on any atom is -0.462 e. The van der Waals surface area contributed by atoms with E-state index in [1.54, 1.807) is 6.92 Å². The third-order valence-corrected chi connectivity index (χ3v) is 3.96. The van der Waals surface area contributed by atoms with E-state index in [4.69, 9.17) is 4.74 Å². The maximum absolute atomic E-state index is 11.7. The molecule has 0 saturated carbocycles. The van der Waals surface area contributed by atoms with Crippen LogP contribution >= 0.6 is 11.3 Å². The Bertz CT molecular complexity index is 776. The number of hydrogen-bond acceptors (Lipinski definition) is 4. The molecule has 3 aromatic rings. The Morgan fingerprint density at radius 2 is 2.11 bits per heavy atom. The summed E-state index contributed by atoms with van der Waals surface area (Å²) in [5.74, 6) is -0.272. The second kappa shape index (κ2) is 4.63. The van der Waals surface area contributed by atoms with Crippen molar-refractivity contribution in [2.24, 2.45) is 0 Å². The van der Waals surface area contributed by atoms with Gasteiger partial charge < -0.3 is 4.74 Å². The highest BCUT2D eigenvalue weighted by Gasteiger charge is 2.12. The molecule has 0 aliphatic rings. The lowest BCUT2D eigenvalue weighted by Crippen LogP contribution is -2.01. The van der Waals surface area contributed by atoms with E-state index in [0.717, 1.165) is 21.1 Å². The number of benzene rings is 1. The summed E-state index contributed by atoms with van der Waals surface area (Å²) in [4.78, 5) is 17.8. The van der Waals surface area contributed by atoms with E-state index in [2.05, 4.69) is 24.0 Å². The summed E-state index contributed by atoms with van der Waals surface area (Å²) in [6, 6.07) is 10.1. The van der Waals surface area contributed by atoms with Crippen molar-refractivity contribution in [3.63, 3.8) is 0 Å². The predicted octanol–water partition coefficient (Wildman–Crippen LogP) is 3.93. The number of carbonyl (C=O) groups is 1. The molecule has 2 aromatic heterocycles. The van der Waals surface area contributed by atoms with Crippen molar-refractivity contribution in [1.82, 2.24) is 4.98 Å². The zero-order chi connectivity index (χ0) is 13.4. The number of ether oxygens (including phenoxy) is 1. The summed E-state index contributed by atoms with van der Waals surface area (Å²) >= 11 is 1.38. The molecule has 0 bridgehead atoms. The SMILES string of the molecule is CCOC(=O)c1cc2cc3cc(C)ccc3nc2s1. The third-order valence-electron chi connectivity index (χ3n) is 2.93. The first-order chi connectivity index (χ1) is 9.17. The van der Waals surface area contributed by atoms with Crippen molar-refractivity contribution in [1.29, 1.82) is 0 Å². The van der Waals surface area contributed by atoms with Crippen molar-refractivity contribution in [2.75, 3.05) is 6.61 Å². The number of aryl methyl sites for hydroxylation is 1. The number of nitrogens with zero attached hydrogens (tertiary/aromatic N) is 1. The van der Waals surface area contributed by atoms with Crippen molar-refractivity contribution in [2.45, 2.75) is 13.8 Å². The summed E-state index contributed by atoms with van der Waals surface area (Å²) in [5, 5.41) is 2.09. The topological polar surface area (TPSA) is 39.2 Å². The fraction of sp³-hybridized carbons (Fsp3) is 0.200. The first-order valence-electron chi connectivity index (χ1n) is 6.15. The lowest BCUT2D eigenvalue weighted by molar-refractivity contribution is 0.0532. The summed E-state index contributed by atoms with van der Waals surface area (Å²) in [6.45, 7) is 4.25. The highest BCUT2D eigenvalue weighted by molar-refractivity contribution is 7.20. The average Bonchev–Trinajstić information content (AvgIpc) is 2.79. The highest BCUT2D eigenvalue weighted by Crippen LogP contribution is 2.28. The Morgan fingerprint density at radius 3 is 2.89 bits per heavy atom. The molecule has 0 unspecified atom stereocenters. The number of carbonyl (C=O) groups excluding carboxylic acids is 1. The van der Waals surface area contributed by atoms with Gasteiger partial charge in [0.25, 0.3) is 0 Å². The minimum atomic E-state index is -0.272. The molecule has 0 N–H and O–H groups in total. The fourth-order valence-electron chi connectivity index (χ4n) is 2.06. The van der Waals surface area contributed by atoms with Gasteiger partial charge in [0.1, 0.15) is 9.71 Å². The van der Waals surface area contributed by atoms with Gasteiger partial charge in [-0.15, -0.1) is 11.3 Å². The van der Waals surface area contributed by atoms with Gasteiger partial charge >= 0.3 is 5.97 Å². The van der Waals surface area contributed by atoms with Crippen molar-refractivity contribution < 1.29 is 9.53 Å². The molecule has 4 heteroatoms. The Hall–Kier alpha value is -1.94. The third kappa shape index (κ3) is 2.19. The van der Waals surface area contributed by atoms with Crippen molar-refractivity contribution in [3.05, 3.63) is 40.8 Å². The zero-order valence-corrected chi connectivity index (χ0v) is 11.6. The maximum Gasteiger partial charge on any atom is 0.348 e. The van der Waals surface area contributed by atoms with E-state index in [9.17, 15) is 4.79 Å². The molecule has 0 aliphatic carbocycles. The van der Waals surface area contributed by atoms with Gasteiger partial charge in [0.05, 0.1) is 12.1 Å². The second-order valence-electron chi connectivity index (χ2n) is 4.41. The molecule has 96 valence electrons. The van der Waals surface area contributed by atoms with Gasteiger partial charge in [0, 0.05) is 10.8 Å². The van der Waals surface area contributed by atoms with Crippen LogP contribution in [0.5, 0.6) is 0 Å². The molecule has 3 rings (SSSR count). The van der Waals surface area contributed by atoms with Gasteiger partial charge in [-0.25, -0.2) is 9.78 Å². The van der Waals surface area contributed by atoms with Crippen LogP contribution in [0.3, 0.4) is 0 Å². The lowest BCUT2D eigenvalue weighted by Gasteiger charge is -1.98. The first kappa shape index (κ1) is 12.1. The quantitative estimate of drug-likeness (QED) is 0.663. The Morgan fingerprint density at radius 1 is 1.26 bits per heavy atom. The van der Waals surface area contributed by atoms with Crippen LogP contribution in [0.1, 0.15) is 22.2 Å². The summed E-state index contributed by atoms with van der Waals surface area (Å²) in [6.07, 6.45) is 0. The Labute approximate surface area is 114 Å². The van der Waals surface area contributed by atoms with Gasteiger partial charge in [0.15, 0.2) is 0 Å². The lowest BCUT2D eigenvalue weighted by atomic mass is 10.1. The highest BCUT2D eigenvalue weighted by atomic mass is 32.1. The maximum atomic E-state index is 11.7. The number of rotatable bonds is 2. The summed E-state index contributed by atoms with van der Waals surface area (Å²) in [5.41, 5.74) is 2.16. The number of thiophene rings is 1. The smallest absolute Gasteiger partial charge is 0.348 e. The molecule has 3 nitrogen and oxygen atoms in total. The normalized spacial score (nSPS) is 11.1. The minimum absolute atomic E-state index is 0.272. The number of hydrogen-bond donors (Lipinski definition) is 0. The predicted molar refractivity (Wildman–Crippen MR) is 77.8 cm³/mol. The number of esters is 1. The molecule has 0 radical (unpaired) electrons. The summed E-state index contributed by atoms with van der Waals surface area (Å²) < 4.78 is 5.02. The number of fused-ring (bicyclic) bond motifs is 2. The Balaban J connectivity index is 2.17. The van der Waals surface area contributed by atoms with Crippen LogP contribution < -0.4 is 0 Å². The van der Waals surface area contributed by atoms with Gasteiger partial charge in [0.2, 0.25) is 0 Å². The molecule has 0 fully saturated rings. The molecule has 19 heavy (non-hydrogen) atoms. The molecule has 0 saturated heterocycles. The van der Waals surface area contributed by atoms with Crippen LogP contribution in [0.4, 0.5) is 0 Å². The van der Waals surface area contributed by atoms with Crippen LogP contribution in [0.25, 0.3) is 21.1 Å². The van der Waals surface area contributed by atoms with Crippen LogP contribution in [0, 0.1) is 6.92 Å². The van der Waals surface area contributed by atoms with E-state index < -0.39 is 0 Å². The molecule has 1 aromatic carbocycles. The first-order valence-corrected chi connectivity index (χ1v) is 6.97. The van der Waals surface area contributed by atoms with E-state index in [1.165, 1.54) is 16.9 Å². The van der Waals surface area contributed by atoms with E-state index >= 15 is 0 Å². The van der Waals surface area contributed by atoms with E-state index in [0.29, 0.717) is 11.5 Å². The molecular formula is C15H13NO2S. The number of aromatic nitrogens is 1. The van der Waals surface area contributed by atoms with E-state index in [1.807, 2.05) is 18.2 Å². The monoisotopic (exact) mass is 271 g/mol. The van der Waals surface area contributed by atoms with Crippen molar-refractivity contribution in [3.8, 4) is 0 Å². The molecule has 0 spiro atoms. The van der Waals surface area contributed by atoms with Crippen molar-refractivity contribution >= 4 is 38.4 Å². The van der Waals surface area contributed by atoms with Gasteiger partial charge in [-0.05, 0) is 38.1 Å². The van der Waals surface area contributed by atoms with Crippen LogP contribution in [0.15, 0.2) is 30.3 Å². The Kier molecular flexibility index (Phi) is 2.95. The largest absolute Gasteiger partial charge is 0.462 e. The molecule has 0 aliphatic heterocycles. The van der Waals surface area contributed by atoms with Gasteiger partial charge in [-0.1, -0.05) is 11.6 Å². The molecule has 0 amide bonds.